The SMILES string of the molecule is CCCCCCOc1nsnc1C1=CCC[N+](C)(C(C)(C)O[Si](C(C)C)(C(C)C)C(C)C)C1. The van der Waals surface area contributed by atoms with Crippen molar-refractivity contribution in [3.63, 3.8) is 0 Å². The first-order valence-corrected chi connectivity index (χ1v) is 16.0. The van der Waals surface area contributed by atoms with Gasteiger partial charge in [-0.1, -0.05) is 73.8 Å². The number of nitrogens with zero attached hydrogens (tertiary/aromatic N) is 3. The van der Waals surface area contributed by atoms with E-state index in [-0.39, 0.29) is 5.72 Å². The van der Waals surface area contributed by atoms with Crippen LogP contribution < -0.4 is 4.74 Å². The number of ether oxygens (including phenoxy) is 1. The quantitative estimate of drug-likeness (QED) is 0.160. The zero-order valence-electron chi connectivity index (χ0n) is 23.0. The Kier molecular flexibility index (Phi) is 10.2. The lowest BCUT2D eigenvalue weighted by Gasteiger charge is -2.55. The van der Waals surface area contributed by atoms with E-state index in [2.05, 4.69) is 84.2 Å². The van der Waals surface area contributed by atoms with Crippen LogP contribution in [0.15, 0.2) is 6.08 Å². The van der Waals surface area contributed by atoms with E-state index in [1.165, 1.54) is 36.6 Å². The minimum atomic E-state index is -2.01. The molecule has 0 amide bonds. The molecular weight excluding hydrogens is 446 g/mol. The molecule has 33 heavy (non-hydrogen) atoms. The van der Waals surface area contributed by atoms with Crippen molar-refractivity contribution in [2.75, 3.05) is 26.7 Å². The fraction of sp³-hybridized carbons (Fsp3) is 0.846. The highest BCUT2D eigenvalue weighted by atomic mass is 32.1. The monoisotopic (exact) mass is 496 g/mol. The number of rotatable bonds is 13. The van der Waals surface area contributed by atoms with Gasteiger partial charge >= 0.3 is 0 Å². The second-order valence-electron chi connectivity index (χ2n) is 11.5. The van der Waals surface area contributed by atoms with Crippen LogP contribution in [0.2, 0.25) is 16.6 Å². The maximum absolute atomic E-state index is 7.37. The van der Waals surface area contributed by atoms with Crippen molar-refractivity contribution in [2.24, 2.45) is 0 Å². The van der Waals surface area contributed by atoms with Gasteiger partial charge in [0, 0.05) is 25.8 Å². The summed E-state index contributed by atoms with van der Waals surface area (Å²) in [4.78, 5) is 0. The summed E-state index contributed by atoms with van der Waals surface area (Å²) in [6, 6.07) is 0. The van der Waals surface area contributed by atoms with Gasteiger partial charge in [0.25, 0.3) is 5.88 Å². The Morgan fingerprint density at radius 1 is 1.03 bits per heavy atom. The van der Waals surface area contributed by atoms with Crippen LogP contribution in [0.3, 0.4) is 0 Å². The van der Waals surface area contributed by atoms with Crippen LogP contribution in [0, 0.1) is 0 Å². The minimum Gasteiger partial charge on any atom is -0.475 e. The van der Waals surface area contributed by atoms with Crippen LogP contribution in [0.4, 0.5) is 0 Å². The summed E-state index contributed by atoms with van der Waals surface area (Å²) < 4.78 is 23.4. The van der Waals surface area contributed by atoms with Crippen molar-refractivity contribution < 1.29 is 13.6 Å². The van der Waals surface area contributed by atoms with E-state index < -0.39 is 8.32 Å². The van der Waals surface area contributed by atoms with E-state index in [0.29, 0.717) is 22.5 Å². The van der Waals surface area contributed by atoms with Gasteiger partial charge in [-0.15, -0.1) is 4.37 Å². The van der Waals surface area contributed by atoms with Gasteiger partial charge in [0.2, 0.25) is 8.32 Å². The summed E-state index contributed by atoms with van der Waals surface area (Å²) in [5.41, 5.74) is 3.62. The smallest absolute Gasteiger partial charge is 0.253 e. The molecule has 2 rings (SSSR count). The van der Waals surface area contributed by atoms with Gasteiger partial charge in [-0.2, -0.15) is 4.37 Å². The van der Waals surface area contributed by atoms with Gasteiger partial charge in [-0.25, -0.2) is 0 Å². The largest absolute Gasteiger partial charge is 0.475 e. The van der Waals surface area contributed by atoms with Crippen molar-refractivity contribution in [1.29, 1.82) is 0 Å². The molecule has 1 aromatic rings. The highest BCUT2D eigenvalue weighted by molar-refractivity contribution is 6.99. The second-order valence-corrected chi connectivity index (χ2v) is 17.4. The Balaban J connectivity index is 2.22. The molecule has 1 aliphatic heterocycles. The fourth-order valence-corrected chi connectivity index (χ4v) is 12.1. The van der Waals surface area contributed by atoms with Gasteiger partial charge in [-0.05, 0) is 23.0 Å². The molecule has 1 atom stereocenters. The van der Waals surface area contributed by atoms with Crippen LogP contribution in [-0.4, -0.2) is 54.0 Å². The predicted molar refractivity (Wildman–Crippen MR) is 144 cm³/mol. The highest BCUT2D eigenvalue weighted by Crippen LogP contribution is 2.47. The van der Waals surface area contributed by atoms with Crippen molar-refractivity contribution in [2.45, 2.75) is 117 Å². The zero-order chi connectivity index (χ0) is 24.9. The Hall–Kier alpha value is -0.763. The van der Waals surface area contributed by atoms with E-state index in [1.807, 2.05) is 0 Å². The fourth-order valence-electron chi connectivity index (χ4n) is 5.74. The van der Waals surface area contributed by atoms with Crippen molar-refractivity contribution in [3.8, 4) is 5.88 Å². The first-order chi connectivity index (χ1) is 15.4. The minimum absolute atomic E-state index is 0.283. The molecule has 0 saturated heterocycles. The molecule has 0 aliphatic carbocycles. The number of likely N-dealkylation sites (N-methyl/N-ethyl adjacent to an activating group) is 1. The lowest BCUT2D eigenvalue weighted by atomic mass is 10.0. The average molecular weight is 497 g/mol. The lowest BCUT2D eigenvalue weighted by molar-refractivity contribution is -0.971. The third-order valence-corrected chi connectivity index (χ3v) is 14.7. The second kappa shape index (κ2) is 11.8. The molecule has 1 aliphatic rings. The van der Waals surface area contributed by atoms with Crippen LogP contribution in [0.5, 0.6) is 5.88 Å². The molecule has 0 N–H and O–H groups in total. The highest BCUT2D eigenvalue weighted by Gasteiger charge is 2.54. The van der Waals surface area contributed by atoms with E-state index >= 15 is 0 Å². The molecule has 1 unspecified atom stereocenters. The molecule has 1 aromatic heterocycles. The summed E-state index contributed by atoms with van der Waals surface area (Å²) in [6.07, 6.45) is 8.14. The Labute approximate surface area is 209 Å². The van der Waals surface area contributed by atoms with E-state index in [9.17, 15) is 0 Å². The molecular formula is C26H50N3O2SSi+. The standard InChI is InChI=1S/C26H50N3O2SSi/c1-11-12-13-14-18-30-25-24(27-32-28-25)23-16-15-17-29(10,19-23)26(8,9)31-33(20(2)3,21(4)5)22(6)7/h16,20-22H,11-15,17-19H2,1-10H3/q+1. The molecule has 7 heteroatoms. The zero-order valence-corrected chi connectivity index (χ0v) is 24.8. The molecule has 2 heterocycles. The van der Waals surface area contributed by atoms with Gasteiger partial charge in [0.15, 0.2) is 5.72 Å². The van der Waals surface area contributed by atoms with Crippen LogP contribution in [-0.2, 0) is 4.43 Å². The number of unbranched alkanes of at least 4 members (excludes halogenated alkanes) is 3. The number of aromatic nitrogens is 2. The Bertz CT molecular complexity index is 754. The average Bonchev–Trinajstić information content (AvgIpc) is 3.19. The maximum atomic E-state index is 7.37. The number of hydrogen-bond acceptors (Lipinski definition) is 5. The normalized spacial score (nSPS) is 20.1. The first-order valence-electron chi connectivity index (χ1n) is 13.1. The van der Waals surface area contributed by atoms with E-state index in [0.717, 1.165) is 42.7 Å². The Morgan fingerprint density at radius 2 is 1.67 bits per heavy atom. The molecule has 0 aromatic carbocycles. The number of quaternary nitrogens is 1. The third-order valence-electron chi connectivity index (χ3n) is 7.97. The molecule has 0 bridgehead atoms. The topological polar surface area (TPSA) is 44.2 Å². The maximum Gasteiger partial charge on any atom is 0.253 e. The van der Waals surface area contributed by atoms with Crippen molar-refractivity contribution in [1.82, 2.24) is 8.75 Å². The summed E-state index contributed by atoms with van der Waals surface area (Å²) in [5.74, 6) is 0.713. The summed E-state index contributed by atoms with van der Waals surface area (Å²) in [5, 5.41) is 0. The van der Waals surface area contributed by atoms with Gasteiger partial charge in [0.1, 0.15) is 12.2 Å². The Morgan fingerprint density at radius 3 is 2.24 bits per heavy atom. The van der Waals surface area contributed by atoms with E-state index in [4.69, 9.17) is 9.16 Å². The predicted octanol–water partition coefficient (Wildman–Crippen LogP) is 7.66. The molecule has 190 valence electrons. The van der Waals surface area contributed by atoms with Crippen molar-refractivity contribution >= 4 is 25.6 Å². The number of hydrogen-bond donors (Lipinski definition) is 0. The van der Waals surface area contributed by atoms with Gasteiger partial charge < -0.3 is 9.16 Å². The molecule has 0 fully saturated rings. The van der Waals surface area contributed by atoms with Crippen LogP contribution >= 0.6 is 11.7 Å². The molecule has 0 spiro atoms. The third kappa shape index (κ3) is 6.27. The lowest BCUT2D eigenvalue weighted by Crippen LogP contribution is -2.67. The van der Waals surface area contributed by atoms with Gasteiger partial charge in [-0.3, -0.25) is 4.48 Å². The van der Waals surface area contributed by atoms with Crippen molar-refractivity contribution in [3.05, 3.63) is 11.8 Å². The van der Waals surface area contributed by atoms with Crippen LogP contribution in [0.1, 0.15) is 100 Å². The summed E-state index contributed by atoms with van der Waals surface area (Å²) in [7, 11) is 0.352. The molecule has 0 saturated carbocycles. The molecule has 5 nitrogen and oxygen atoms in total. The van der Waals surface area contributed by atoms with Gasteiger partial charge in [0.05, 0.1) is 31.9 Å². The van der Waals surface area contributed by atoms with Crippen LogP contribution in [0.25, 0.3) is 5.57 Å². The first kappa shape index (κ1) is 28.5. The summed E-state index contributed by atoms with van der Waals surface area (Å²) in [6.45, 7) is 23.8. The van der Waals surface area contributed by atoms with E-state index in [1.54, 1.807) is 0 Å². The summed E-state index contributed by atoms with van der Waals surface area (Å²) >= 11 is 1.26. The molecule has 0 radical (unpaired) electrons.